The summed E-state index contributed by atoms with van der Waals surface area (Å²) in [6.07, 6.45) is 1.00. The minimum atomic E-state index is -0.0414. The molecule has 1 N–H and O–H groups in total. The van der Waals surface area contributed by atoms with E-state index in [1.807, 2.05) is 30.3 Å². The monoisotopic (exact) mass is 405 g/mol. The second kappa shape index (κ2) is 6.84. The number of ether oxygens (including phenoxy) is 4. The number of nitrogens with one attached hydrogen (secondary N) is 1. The van der Waals surface area contributed by atoms with Gasteiger partial charge in [0.1, 0.15) is 0 Å². The van der Waals surface area contributed by atoms with Crippen LogP contribution < -0.4 is 24.3 Å². The lowest BCUT2D eigenvalue weighted by atomic mass is 10.1. The van der Waals surface area contributed by atoms with Crippen molar-refractivity contribution in [2.24, 2.45) is 0 Å². The molecule has 25 heavy (non-hydrogen) atoms. The molecule has 0 saturated heterocycles. The van der Waals surface area contributed by atoms with Gasteiger partial charge < -0.3 is 24.3 Å². The fraction of sp³-hybridized carbons (Fsp3) is 0.278. The van der Waals surface area contributed by atoms with Crippen molar-refractivity contribution in [2.45, 2.75) is 12.8 Å². The number of fused-ring (bicyclic) bond motifs is 2. The van der Waals surface area contributed by atoms with Gasteiger partial charge in [0.05, 0.1) is 10.9 Å². The number of amides is 1. The first-order valence-electron chi connectivity index (χ1n) is 7.93. The van der Waals surface area contributed by atoms with E-state index in [-0.39, 0.29) is 25.9 Å². The number of benzene rings is 2. The van der Waals surface area contributed by atoms with Gasteiger partial charge >= 0.3 is 0 Å². The quantitative estimate of drug-likeness (QED) is 0.828. The van der Waals surface area contributed by atoms with Gasteiger partial charge in [-0.1, -0.05) is 12.1 Å². The Bertz CT molecular complexity index is 823. The van der Waals surface area contributed by atoms with E-state index < -0.39 is 0 Å². The summed E-state index contributed by atoms with van der Waals surface area (Å²) in [5.41, 5.74) is 1.96. The molecule has 0 radical (unpaired) electrons. The Hall–Kier alpha value is -2.41. The Morgan fingerprint density at radius 3 is 2.68 bits per heavy atom. The molecule has 0 saturated carbocycles. The molecule has 130 valence electrons. The topological polar surface area (TPSA) is 66.0 Å². The molecule has 0 spiro atoms. The summed E-state index contributed by atoms with van der Waals surface area (Å²) >= 11 is 3.48. The largest absolute Gasteiger partial charge is 0.454 e. The number of rotatable bonds is 5. The fourth-order valence-corrected chi connectivity index (χ4v) is 3.38. The summed E-state index contributed by atoms with van der Waals surface area (Å²) in [7, 11) is 0. The lowest BCUT2D eigenvalue weighted by Gasteiger charge is -2.09. The normalized spacial score (nSPS) is 13.8. The smallest absolute Gasteiger partial charge is 0.231 e. The first-order valence-corrected chi connectivity index (χ1v) is 8.72. The summed E-state index contributed by atoms with van der Waals surface area (Å²) in [6.45, 7) is 1.03. The molecule has 2 aliphatic heterocycles. The number of carbonyl (C=O) groups excluding carboxylic acids is 1. The van der Waals surface area contributed by atoms with Crippen molar-refractivity contribution in [3.63, 3.8) is 0 Å². The highest BCUT2D eigenvalue weighted by Crippen LogP contribution is 2.41. The van der Waals surface area contributed by atoms with E-state index in [4.69, 9.17) is 18.9 Å². The Balaban J connectivity index is 1.31. The van der Waals surface area contributed by atoms with Gasteiger partial charge in [0.2, 0.25) is 19.5 Å². The van der Waals surface area contributed by atoms with E-state index in [1.54, 1.807) is 0 Å². The maximum absolute atomic E-state index is 12.2. The van der Waals surface area contributed by atoms with Gasteiger partial charge in [-0.3, -0.25) is 4.79 Å². The van der Waals surface area contributed by atoms with Crippen molar-refractivity contribution in [1.82, 2.24) is 5.32 Å². The van der Waals surface area contributed by atoms with Crippen LogP contribution in [0.3, 0.4) is 0 Å². The standard InChI is InChI=1S/C18H16BrNO5/c19-17-12(2-4-14-18(17)25-10-23-14)8-16(21)20-6-5-11-1-3-13-15(7-11)24-9-22-13/h1-4,7H,5-6,8-10H2,(H,20,21). The van der Waals surface area contributed by atoms with Crippen LogP contribution in [0.5, 0.6) is 23.0 Å². The zero-order chi connectivity index (χ0) is 17.2. The van der Waals surface area contributed by atoms with Gasteiger partial charge in [-0.05, 0) is 51.7 Å². The fourth-order valence-electron chi connectivity index (χ4n) is 2.79. The molecule has 2 aromatic rings. The minimum Gasteiger partial charge on any atom is -0.454 e. The van der Waals surface area contributed by atoms with Crippen LogP contribution in [0.4, 0.5) is 0 Å². The van der Waals surface area contributed by atoms with Gasteiger partial charge in [-0.15, -0.1) is 0 Å². The number of hydrogen-bond acceptors (Lipinski definition) is 5. The Kier molecular flexibility index (Phi) is 4.40. The molecule has 2 heterocycles. The van der Waals surface area contributed by atoms with Gasteiger partial charge in [0.25, 0.3) is 0 Å². The second-order valence-electron chi connectivity index (χ2n) is 5.74. The van der Waals surface area contributed by atoms with E-state index >= 15 is 0 Å². The minimum absolute atomic E-state index is 0.0414. The number of carbonyl (C=O) groups is 1. The molecule has 0 bridgehead atoms. The third-order valence-corrected chi connectivity index (χ3v) is 4.95. The lowest BCUT2D eigenvalue weighted by Crippen LogP contribution is -2.27. The van der Waals surface area contributed by atoms with Crippen molar-refractivity contribution in [2.75, 3.05) is 20.1 Å². The Morgan fingerprint density at radius 2 is 1.76 bits per heavy atom. The summed E-state index contributed by atoms with van der Waals surface area (Å²) < 4.78 is 22.1. The zero-order valence-corrected chi connectivity index (χ0v) is 14.9. The Morgan fingerprint density at radius 1 is 1.00 bits per heavy atom. The van der Waals surface area contributed by atoms with Crippen LogP contribution in [-0.4, -0.2) is 26.0 Å². The van der Waals surface area contributed by atoms with Crippen LogP contribution >= 0.6 is 15.9 Å². The second-order valence-corrected chi connectivity index (χ2v) is 6.53. The summed E-state index contributed by atoms with van der Waals surface area (Å²) in [5, 5.41) is 2.94. The molecule has 0 unspecified atom stereocenters. The average Bonchev–Trinajstić information content (AvgIpc) is 3.26. The van der Waals surface area contributed by atoms with E-state index in [9.17, 15) is 4.79 Å². The van der Waals surface area contributed by atoms with Gasteiger partial charge in [0, 0.05) is 6.54 Å². The van der Waals surface area contributed by atoms with Crippen molar-refractivity contribution in [3.8, 4) is 23.0 Å². The summed E-state index contributed by atoms with van der Waals surface area (Å²) in [6, 6.07) is 9.51. The van der Waals surface area contributed by atoms with E-state index in [0.29, 0.717) is 18.0 Å². The molecule has 4 rings (SSSR count). The third-order valence-electron chi connectivity index (χ3n) is 4.08. The van der Waals surface area contributed by atoms with Crippen LogP contribution in [0.1, 0.15) is 11.1 Å². The average molecular weight is 406 g/mol. The molecule has 0 atom stereocenters. The van der Waals surface area contributed by atoms with Crippen LogP contribution in [0.2, 0.25) is 0 Å². The first kappa shape index (κ1) is 16.1. The molecule has 0 fully saturated rings. The molecule has 7 heteroatoms. The molecular formula is C18H16BrNO5. The van der Waals surface area contributed by atoms with Gasteiger partial charge in [-0.2, -0.15) is 0 Å². The SMILES string of the molecule is O=C(Cc1ccc2c(c1Br)OCO2)NCCc1ccc2c(c1)OCO2. The maximum atomic E-state index is 12.2. The van der Waals surface area contributed by atoms with E-state index in [1.165, 1.54) is 0 Å². The van der Waals surface area contributed by atoms with Crippen molar-refractivity contribution in [3.05, 3.63) is 45.9 Å². The molecule has 1 amide bonds. The van der Waals surface area contributed by atoms with Crippen LogP contribution in [0.15, 0.2) is 34.8 Å². The van der Waals surface area contributed by atoms with Crippen molar-refractivity contribution < 1.29 is 23.7 Å². The van der Waals surface area contributed by atoms with Crippen molar-refractivity contribution in [1.29, 1.82) is 0 Å². The molecular weight excluding hydrogens is 390 g/mol. The molecule has 2 aliphatic rings. The molecule has 0 aliphatic carbocycles. The first-order chi connectivity index (χ1) is 12.2. The lowest BCUT2D eigenvalue weighted by molar-refractivity contribution is -0.120. The Labute approximate surface area is 153 Å². The summed E-state index contributed by atoms with van der Waals surface area (Å²) in [4.78, 5) is 12.2. The predicted molar refractivity (Wildman–Crippen MR) is 93.2 cm³/mol. The molecule has 2 aromatic carbocycles. The van der Waals surface area contributed by atoms with Crippen LogP contribution in [0, 0.1) is 0 Å². The van der Waals surface area contributed by atoms with E-state index in [2.05, 4.69) is 21.2 Å². The highest BCUT2D eigenvalue weighted by molar-refractivity contribution is 9.10. The predicted octanol–water partition coefficient (Wildman–Crippen LogP) is 2.81. The highest BCUT2D eigenvalue weighted by atomic mass is 79.9. The van der Waals surface area contributed by atoms with Gasteiger partial charge in [-0.25, -0.2) is 0 Å². The van der Waals surface area contributed by atoms with E-state index in [0.717, 1.165) is 33.5 Å². The number of hydrogen-bond donors (Lipinski definition) is 1. The van der Waals surface area contributed by atoms with Crippen LogP contribution in [0.25, 0.3) is 0 Å². The number of halogens is 1. The van der Waals surface area contributed by atoms with Crippen molar-refractivity contribution >= 4 is 21.8 Å². The zero-order valence-electron chi connectivity index (χ0n) is 13.3. The third kappa shape index (κ3) is 3.37. The van der Waals surface area contributed by atoms with Crippen LogP contribution in [-0.2, 0) is 17.6 Å². The molecule has 6 nitrogen and oxygen atoms in total. The maximum Gasteiger partial charge on any atom is 0.231 e. The highest BCUT2D eigenvalue weighted by Gasteiger charge is 2.20. The van der Waals surface area contributed by atoms with Gasteiger partial charge in [0.15, 0.2) is 23.0 Å². The molecule has 0 aromatic heterocycles. The summed E-state index contributed by atoms with van der Waals surface area (Å²) in [5.74, 6) is 2.83.